The summed E-state index contributed by atoms with van der Waals surface area (Å²) in [5, 5.41) is 18.1. The molecule has 0 bridgehead atoms. The van der Waals surface area contributed by atoms with Crippen LogP contribution in [-0.4, -0.2) is 47.1 Å². The second kappa shape index (κ2) is 19.1. The Balaban J connectivity index is 0.000000171. The predicted molar refractivity (Wildman–Crippen MR) is 181 cm³/mol. The van der Waals surface area contributed by atoms with Crippen molar-refractivity contribution in [2.45, 2.75) is 0 Å². The molecule has 0 unspecified atom stereocenters. The first-order valence-electron chi connectivity index (χ1n) is 12.7. The lowest BCUT2D eigenvalue weighted by Gasteiger charge is -2.01. The van der Waals surface area contributed by atoms with Crippen LogP contribution in [0, 0.1) is 21.2 Å². The molecule has 0 aliphatic rings. The van der Waals surface area contributed by atoms with E-state index in [4.69, 9.17) is 44.9 Å². The van der Waals surface area contributed by atoms with Crippen LogP contribution in [0.3, 0.4) is 0 Å². The quantitative estimate of drug-likeness (QED) is 0.111. The van der Waals surface area contributed by atoms with Crippen LogP contribution in [0.15, 0.2) is 110 Å². The van der Waals surface area contributed by atoms with E-state index in [1.807, 2.05) is 0 Å². The van der Waals surface area contributed by atoms with Crippen molar-refractivity contribution in [2.75, 3.05) is 0 Å². The lowest BCUT2D eigenvalue weighted by molar-refractivity contribution is 0.423. The van der Waals surface area contributed by atoms with Gasteiger partial charge in [-0.2, -0.15) is 0 Å². The number of hydrogen-bond donors (Lipinski definition) is 2. The summed E-state index contributed by atoms with van der Waals surface area (Å²) in [4.78, 5) is 22.8. The molecule has 234 valence electrons. The molecular weight excluding hydrogens is 777 g/mol. The first-order valence-corrected chi connectivity index (χ1v) is 14.9. The van der Waals surface area contributed by atoms with Crippen LogP contribution in [0.2, 0.25) is 15.5 Å². The maximum Gasteiger partial charge on any atom is 0.491 e. The normalized spacial score (nSPS) is 9.85. The Hall–Kier alpha value is -3.73. The van der Waals surface area contributed by atoms with Crippen LogP contribution in [0.1, 0.15) is 0 Å². The van der Waals surface area contributed by atoms with E-state index in [-0.39, 0.29) is 17.1 Å². The molecule has 3 aromatic carbocycles. The number of benzene rings is 3. The average Bonchev–Trinajstić information content (AvgIpc) is 3.02. The zero-order valence-corrected chi connectivity index (χ0v) is 27.6. The number of aromatic nitrogens is 6. The molecule has 3 aromatic heterocycles. The molecule has 6 aromatic rings. The molecule has 46 heavy (non-hydrogen) atoms. The monoisotopic (exact) mass is 796 g/mol. The topological polar surface area (TPSA) is 118 Å². The van der Waals surface area contributed by atoms with Crippen molar-refractivity contribution in [3.8, 4) is 22.5 Å². The van der Waals surface area contributed by atoms with Gasteiger partial charge in [0.1, 0.15) is 55.6 Å². The molecule has 0 aliphatic heterocycles. The lowest BCUT2D eigenvalue weighted by atomic mass is 9.80. The van der Waals surface area contributed by atoms with Gasteiger partial charge in [0.25, 0.3) is 0 Å². The number of rotatable bonds is 3. The van der Waals surface area contributed by atoms with Crippen LogP contribution < -0.4 is 5.46 Å². The molecule has 0 atom stereocenters. The molecule has 0 saturated heterocycles. The highest BCUT2D eigenvalue weighted by molar-refractivity contribution is 14.1. The van der Waals surface area contributed by atoms with Gasteiger partial charge in [-0.25, -0.2) is 43.1 Å². The Labute approximate surface area is 290 Å². The van der Waals surface area contributed by atoms with Crippen LogP contribution in [0.4, 0.5) is 13.2 Å². The molecule has 0 saturated carbocycles. The molecular formula is C30H20BCl3F3IN6O2. The fourth-order valence-corrected chi connectivity index (χ4v) is 4.21. The number of hydrogen-bond acceptors (Lipinski definition) is 8. The highest BCUT2D eigenvalue weighted by atomic mass is 127. The van der Waals surface area contributed by atoms with Gasteiger partial charge in [0.05, 0.1) is 11.4 Å². The Morgan fingerprint density at radius 2 is 0.935 bits per heavy atom. The summed E-state index contributed by atoms with van der Waals surface area (Å²) >= 11 is 18.6. The van der Waals surface area contributed by atoms with Gasteiger partial charge in [-0.15, -0.1) is 0 Å². The van der Waals surface area contributed by atoms with Crippen molar-refractivity contribution in [1.29, 1.82) is 0 Å². The van der Waals surface area contributed by atoms with E-state index < -0.39 is 12.9 Å². The van der Waals surface area contributed by atoms with E-state index in [0.717, 1.165) is 3.70 Å². The van der Waals surface area contributed by atoms with Gasteiger partial charge >= 0.3 is 7.12 Å². The maximum atomic E-state index is 13.3. The number of halogens is 7. The van der Waals surface area contributed by atoms with Crippen molar-refractivity contribution in [1.82, 2.24) is 29.9 Å². The third-order valence-corrected chi connectivity index (χ3v) is 6.56. The van der Waals surface area contributed by atoms with Gasteiger partial charge in [0.2, 0.25) is 0 Å². The maximum absolute atomic E-state index is 13.3. The smallest absolute Gasteiger partial charge is 0.423 e. The Morgan fingerprint density at radius 3 is 1.33 bits per heavy atom. The molecule has 8 nitrogen and oxygen atoms in total. The van der Waals surface area contributed by atoms with Crippen molar-refractivity contribution in [3.05, 3.63) is 147 Å². The summed E-state index contributed by atoms with van der Waals surface area (Å²) in [5.74, 6) is -1.18. The van der Waals surface area contributed by atoms with E-state index in [0.29, 0.717) is 38.0 Å². The van der Waals surface area contributed by atoms with E-state index in [9.17, 15) is 13.2 Å². The first kappa shape index (κ1) is 36.7. The van der Waals surface area contributed by atoms with Gasteiger partial charge in [0.15, 0.2) is 0 Å². The largest absolute Gasteiger partial charge is 0.491 e. The minimum atomic E-state index is -1.72. The summed E-state index contributed by atoms with van der Waals surface area (Å²) in [6.07, 6.45) is 4.05. The third-order valence-electron chi connectivity index (χ3n) is 5.35. The third kappa shape index (κ3) is 12.2. The fourth-order valence-electron chi connectivity index (χ4n) is 3.30. The minimum Gasteiger partial charge on any atom is -0.423 e. The summed E-state index contributed by atoms with van der Waals surface area (Å²) in [7, 11) is -1.72. The van der Waals surface area contributed by atoms with Crippen LogP contribution in [-0.2, 0) is 0 Å². The van der Waals surface area contributed by atoms with Gasteiger partial charge in [-0.3, -0.25) is 0 Å². The predicted octanol–water partition coefficient (Wildman–Crippen LogP) is 7.11. The van der Waals surface area contributed by atoms with Gasteiger partial charge in [-0.05, 0) is 59.0 Å². The van der Waals surface area contributed by atoms with Gasteiger partial charge in [0, 0.05) is 28.7 Å². The van der Waals surface area contributed by atoms with E-state index >= 15 is 0 Å². The lowest BCUT2D eigenvalue weighted by Crippen LogP contribution is -2.32. The second-order valence-corrected chi connectivity index (χ2v) is 10.7. The van der Waals surface area contributed by atoms with Crippen molar-refractivity contribution >= 4 is 70.0 Å². The molecule has 2 N–H and O–H groups in total. The molecule has 16 heteroatoms. The minimum absolute atomic E-state index is 0.0949. The molecule has 0 fully saturated rings. The molecule has 0 spiro atoms. The summed E-state index contributed by atoms with van der Waals surface area (Å²) in [6, 6.07) is 23.2. The zero-order chi connectivity index (χ0) is 33.5. The Morgan fingerprint density at radius 1 is 0.522 bits per heavy atom. The summed E-state index contributed by atoms with van der Waals surface area (Å²) < 4.78 is 40.0. The molecule has 6 rings (SSSR count). The summed E-state index contributed by atoms with van der Waals surface area (Å²) in [5.41, 5.74) is 1.94. The summed E-state index contributed by atoms with van der Waals surface area (Å²) in [6.45, 7) is 0. The van der Waals surface area contributed by atoms with E-state index in [1.165, 1.54) is 67.5 Å². The van der Waals surface area contributed by atoms with Gasteiger partial charge < -0.3 is 10.0 Å². The Bertz CT molecular complexity index is 1760. The van der Waals surface area contributed by atoms with Crippen LogP contribution >= 0.6 is 57.4 Å². The molecule has 0 aliphatic carbocycles. The second-order valence-electron chi connectivity index (χ2n) is 8.47. The van der Waals surface area contributed by atoms with Crippen molar-refractivity contribution in [2.24, 2.45) is 0 Å². The first-order chi connectivity index (χ1) is 22.0. The molecule has 0 amide bonds. The standard InChI is InChI=1S/C10H6ClFN2.C10H6FIN2.C6H6BFO2.C4H2Cl2N2/c11-10-5-9(13-6-14-10)7-3-1-2-4-8(7)12;11-8-4-2-1-3-7(8)9-5-10(12)14-6-13-9;8-6-4-2-1-3-5(6)7(9)10;5-3-1-4(6)8-2-7-3/h2*1-6H;1-4,9-10H;1-2H. The SMILES string of the molecule is Clc1cc(Cl)ncn1.Fc1ccccc1-c1cc(Cl)ncn1.Fc1ccccc1-c1cc(I)ncn1.OB(O)c1ccccc1F. The Kier molecular flexibility index (Phi) is 15.2. The van der Waals surface area contributed by atoms with E-state index in [2.05, 4.69) is 52.5 Å². The molecule has 0 radical (unpaired) electrons. The highest BCUT2D eigenvalue weighted by Crippen LogP contribution is 2.22. The fraction of sp³-hybridized carbons (Fsp3) is 0. The van der Waals surface area contributed by atoms with Crippen molar-refractivity contribution < 1.29 is 23.2 Å². The van der Waals surface area contributed by atoms with Crippen molar-refractivity contribution in [3.63, 3.8) is 0 Å². The van der Waals surface area contributed by atoms with Crippen LogP contribution in [0.25, 0.3) is 22.5 Å². The molecule has 3 heterocycles. The van der Waals surface area contributed by atoms with Crippen LogP contribution in [0.5, 0.6) is 0 Å². The highest BCUT2D eigenvalue weighted by Gasteiger charge is 2.14. The average molecular weight is 798 g/mol. The number of nitrogens with zero attached hydrogens (tertiary/aromatic N) is 6. The van der Waals surface area contributed by atoms with Gasteiger partial charge in [-0.1, -0.05) is 77.3 Å². The van der Waals surface area contributed by atoms with E-state index in [1.54, 1.807) is 42.5 Å². The zero-order valence-electron chi connectivity index (χ0n) is 23.2.